The Hall–Kier alpha value is -1.03. The summed E-state index contributed by atoms with van der Waals surface area (Å²) in [7, 11) is -2.40. The maximum atomic E-state index is 12.3. The largest absolute Gasteiger partial charge is 0.476 e. The van der Waals surface area contributed by atoms with Gasteiger partial charge in [0.1, 0.15) is 0 Å². The van der Waals surface area contributed by atoms with Gasteiger partial charge in [-0.2, -0.15) is 4.31 Å². The summed E-state index contributed by atoms with van der Waals surface area (Å²) in [5, 5.41) is 8.90. The lowest BCUT2D eigenvalue weighted by atomic mass is 10.3. The SMILES string of the molecule is CN(C1CCOC1)S(=O)(=O)c1scnc1C(=O)O. The van der Waals surface area contributed by atoms with Crippen molar-refractivity contribution >= 4 is 27.3 Å². The van der Waals surface area contributed by atoms with Gasteiger partial charge in [0.15, 0.2) is 9.90 Å². The fourth-order valence-electron chi connectivity index (χ4n) is 1.70. The average Bonchev–Trinajstić information content (AvgIpc) is 2.99. The van der Waals surface area contributed by atoms with E-state index < -0.39 is 21.7 Å². The summed E-state index contributed by atoms with van der Waals surface area (Å²) < 4.78 is 30.6. The van der Waals surface area contributed by atoms with Crippen molar-refractivity contribution in [2.75, 3.05) is 20.3 Å². The highest BCUT2D eigenvalue weighted by Gasteiger charge is 2.35. The Morgan fingerprint density at radius 2 is 2.39 bits per heavy atom. The molecule has 0 amide bonds. The average molecular weight is 292 g/mol. The van der Waals surface area contributed by atoms with Crippen LogP contribution in [0.15, 0.2) is 9.72 Å². The fraction of sp³-hybridized carbons (Fsp3) is 0.556. The van der Waals surface area contributed by atoms with Gasteiger partial charge in [0.05, 0.1) is 18.2 Å². The lowest BCUT2D eigenvalue weighted by Crippen LogP contribution is -2.37. The molecule has 0 saturated carbocycles. The van der Waals surface area contributed by atoms with Gasteiger partial charge < -0.3 is 9.84 Å². The smallest absolute Gasteiger partial charge is 0.356 e. The van der Waals surface area contributed by atoms with Gasteiger partial charge in [-0.05, 0) is 6.42 Å². The third-order valence-electron chi connectivity index (χ3n) is 2.77. The van der Waals surface area contributed by atoms with Crippen LogP contribution in [0, 0.1) is 0 Å². The Morgan fingerprint density at radius 3 is 2.94 bits per heavy atom. The standard InChI is InChI=1S/C9H12N2O5S2/c1-11(6-2-3-16-4-6)18(14,15)9-7(8(12)13)10-5-17-9/h5-6H,2-4H2,1H3,(H,12,13). The van der Waals surface area contributed by atoms with Crippen molar-refractivity contribution in [2.24, 2.45) is 0 Å². The second-order valence-electron chi connectivity index (χ2n) is 3.83. The Morgan fingerprint density at radius 1 is 1.67 bits per heavy atom. The Bertz CT molecular complexity index is 547. The van der Waals surface area contributed by atoms with Gasteiger partial charge in [0.25, 0.3) is 10.0 Å². The molecule has 1 aromatic heterocycles. The number of carbonyl (C=O) groups is 1. The van der Waals surface area contributed by atoms with E-state index in [1.54, 1.807) is 0 Å². The molecule has 1 N–H and O–H groups in total. The molecular weight excluding hydrogens is 280 g/mol. The highest BCUT2D eigenvalue weighted by atomic mass is 32.2. The van der Waals surface area contributed by atoms with Crippen molar-refractivity contribution in [1.29, 1.82) is 0 Å². The van der Waals surface area contributed by atoms with E-state index in [9.17, 15) is 13.2 Å². The van der Waals surface area contributed by atoms with Crippen molar-refractivity contribution < 1.29 is 23.1 Å². The number of aromatic carboxylic acids is 1. The summed E-state index contributed by atoms with van der Waals surface area (Å²) in [5.41, 5.74) is 0.792. The third-order valence-corrected chi connectivity index (χ3v) is 6.03. The number of hydrogen-bond donors (Lipinski definition) is 1. The first-order valence-electron chi connectivity index (χ1n) is 5.17. The highest BCUT2D eigenvalue weighted by molar-refractivity contribution is 7.91. The predicted octanol–water partition coefficient (Wildman–Crippen LogP) is 0.251. The highest BCUT2D eigenvalue weighted by Crippen LogP contribution is 2.26. The van der Waals surface area contributed by atoms with Crippen LogP contribution in [-0.4, -0.2) is 55.1 Å². The van der Waals surface area contributed by atoms with Gasteiger partial charge >= 0.3 is 5.97 Å². The Kier molecular flexibility index (Phi) is 3.66. The van der Waals surface area contributed by atoms with Gasteiger partial charge in [0.2, 0.25) is 0 Å². The van der Waals surface area contributed by atoms with Crippen molar-refractivity contribution in [3.63, 3.8) is 0 Å². The minimum absolute atomic E-state index is 0.232. The number of aromatic nitrogens is 1. The van der Waals surface area contributed by atoms with E-state index in [0.29, 0.717) is 19.6 Å². The maximum absolute atomic E-state index is 12.3. The van der Waals surface area contributed by atoms with E-state index in [4.69, 9.17) is 9.84 Å². The number of thiazole rings is 1. The molecule has 0 aromatic carbocycles. The van der Waals surface area contributed by atoms with Crippen molar-refractivity contribution in [3.05, 3.63) is 11.2 Å². The molecule has 0 radical (unpaired) electrons. The molecule has 2 heterocycles. The molecule has 2 rings (SSSR count). The zero-order chi connectivity index (χ0) is 13.3. The van der Waals surface area contributed by atoms with Crippen LogP contribution in [0.3, 0.4) is 0 Å². The molecule has 7 nitrogen and oxygen atoms in total. The molecule has 1 aliphatic rings. The summed E-state index contributed by atoms with van der Waals surface area (Å²) >= 11 is 0.810. The summed E-state index contributed by atoms with van der Waals surface area (Å²) in [5.74, 6) is -1.34. The molecule has 1 unspecified atom stereocenters. The fourth-order valence-corrected chi connectivity index (χ4v) is 4.38. The van der Waals surface area contributed by atoms with Crippen LogP contribution >= 0.6 is 11.3 Å². The van der Waals surface area contributed by atoms with Crippen LogP contribution in [-0.2, 0) is 14.8 Å². The van der Waals surface area contributed by atoms with Crippen LogP contribution in [0.25, 0.3) is 0 Å². The zero-order valence-electron chi connectivity index (χ0n) is 9.57. The first kappa shape index (κ1) is 13.4. The second-order valence-corrected chi connectivity index (χ2v) is 6.88. The monoisotopic (exact) mass is 292 g/mol. The van der Waals surface area contributed by atoms with Gasteiger partial charge in [-0.15, -0.1) is 11.3 Å². The summed E-state index contributed by atoms with van der Waals surface area (Å²) in [6, 6.07) is -0.251. The molecule has 1 saturated heterocycles. The molecular formula is C9H12N2O5S2. The van der Waals surface area contributed by atoms with E-state index in [1.807, 2.05) is 0 Å². The van der Waals surface area contributed by atoms with Gasteiger partial charge in [-0.25, -0.2) is 18.2 Å². The number of ether oxygens (including phenoxy) is 1. The number of nitrogens with zero attached hydrogens (tertiary/aromatic N) is 2. The maximum Gasteiger partial charge on any atom is 0.356 e. The molecule has 1 atom stereocenters. The van der Waals surface area contributed by atoms with Crippen LogP contribution in [0.5, 0.6) is 0 Å². The number of carboxylic acids is 1. The second kappa shape index (κ2) is 4.92. The minimum Gasteiger partial charge on any atom is -0.476 e. The summed E-state index contributed by atoms with van der Waals surface area (Å²) in [6.07, 6.45) is 0.608. The molecule has 0 aliphatic carbocycles. The summed E-state index contributed by atoms with van der Waals surface area (Å²) in [4.78, 5) is 14.5. The molecule has 1 aliphatic heterocycles. The number of rotatable bonds is 4. The van der Waals surface area contributed by atoms with Gasteiger partial charge in [-0.3, -0.25) is 0 Å². The number of likely N-dealkylation sites (N-methyl/N-ethyl adjacent to an activating group) is 1. The molecule has 100 valence electrons. The summed E-state index contributed by atoms with van der Waals surface area (Å²) in [6.45, 7) is 0.843. The van der Waals surface area contributed by atoms with E-state index in [-0.39, 0.29) is 10.3 Å². The van der Waals surface area contributed by atoms with E-state index in [1.165, 1.54) is 16.9 Å². The lowest BCUT2D eigenvalue weighted by Gasteiger charge is -2.21. The quantitative estimate of drug-likeness (QED) is 0.854. The Labute approximate surface area is 108 Å². The normalized spacial score (nSPS) is 20.4. The molecule has 1 aromatic rings. The molecule has 0 spiro atoms. The van der Waals surface area contributed by atoms with Crippen molar-refractivity contribution in [2.45, 2.75) is 16.7 Å². The molecule has 9 heteroatoms. The van der Waals surface area contributed by atoms with Crippen LogP contribution in [0.1, 0.15) is 16.9 Å². The molecule has 18 heavy (non-hydrogen) atoms. The minimum atomic E-state index is -3.83. The van der Waals surface area contributed by atoms with E-state index >= 15 is 0 Å². The molecule has 0 bridgehead atoms. The van der Waals surface area contributed by atoms with Gasteiger partial charge in [-0.1, -0.05) is 0 Å². The topological polar surface area (TPSA) is 96.8 Å². The van der Waals surface area contributed by atoms with Crippen molar-refractivity contribution in [3.8, 4) is 0 Å². The lowest BCUT2D eigenvalue weighted by molar-refractivity contribution is 0.0687. The van der Waals surface area contributed by atoms with Gasteiger partial charge in [0, 0.05) is 13.7 Å². The third kappa shape index (κ3) is 2.26. The molecule has 1 fully saturated rings. The van der Waals surface area contributed by atoms with E-state index in [2.05, 4.69) is 4.98 Å². The van der Waals surface area contributed by atoms with Crippen LogP contribution < -0.4 is 0 Å². The zero-order valence-corrected chi connectivity index (χ0v) is 11.2. The van der Waals surface area contributed by atoms with Crippen LogP contribution in [0.2, 0.25) is 0 Å². The van der Waals surface area contributed by atoms with E-state index in [0.717, 1.165) is 11.3 Å². The van der Waals surface area contributed by atoms with Crippen LogP contribution in [0.4, 0.5) is 0 Å². The Balaban J connectivity index is 2.35. The predicted molar refractivity (Wildman–Crippen MR) is 63.2 cm³/mol. The number of carboxylic acid groups (broad SMARTS) is 1. The number of hydrogen-bond acceptors (Lipinski definition) is 6. The number of sulfonamides is 1. The first-order valence-corrected chi connectivity index (χ1v) is 7.49. The first-order chi connectivity index (χ1) is 8.44. The van der Waals surface area contributed by atoms with Crippen molar-refractivity contribution in [1.82, 2.24) is 9.29 Å².